The molecule has 0 aromatic heterocycles. The van der Waals surface area contributed by atoms with Crippen LogP contribution >= 0.6 is 0 Å². The van der Waals surface area contributed by atoms with E-state index in [-0.39, 0.29) is 31.9 Å². The lowest BCUT2D eigenvalue weighted by Gasteiger charge is -2.39. The van der Waals surface area contributed by atoms with Gasteiger partial charge in [0.15, 0.2) is 8.32 Å². The average molecular weight is 359 g/mol. The van der Waals surface area contributed by atoms with E-state index in [1.165, 1.54) is 0 Å². The molecule has 0 saturated heterocycles. The molecule has 6 heteroatoms. The van der Waals surface area contributed by atoms with Crippen molar-refractivity contribution < 1.29 is 23.4 Å². The fourth-order valence-electron chi connectivity index (χ4n) is 2.63. The van der Waals surface area contributed by atoms with Crippen LogP contribution in [0.25, 0.3) is 0 Å². The molecule has 0 unspecified atom stereocenters. The zero-order valence-electron chi connectivity index (χ0n) is 15.9. The predicted octanol–water partition coefficient (Wildman–Crippen LogP) is 3.56. The molecule has 0 saturated carbocycles. The van der Waals surface area contributed by atoms with Gasteiger partial charge in [0.05, 0.1) is 6.10 Å². The summed E-state index contributed by atoms with van der Waals surface area (Å²) in [6.45, 7) is 10.7. The molecule has 0 N–H and O–H groups in total. The van der Waals surface area contributed by atoms with Crippen molar-refractivity contribution in [1.29, 1.82) is 0 Å². The zero-order valence-corrected chi connectivity index (χ0v) is 16.9. The van der Waals surface area contributed by atoms with Gasteiger partial charge in [0.2, 0.25) is 0 Å². The van der Waals surface area contributed by atoms with E-state index in [1.807, 2.05) is 0 Å². The molecule has 3 atom stereocenters. The van der Waals surface area contributed by atoms with Gasteiger partial charge in [-0.25, -0.2) is 0 Å². The topological polar surface area (TPSA) is 46.2 Å². The van der Waals surface area contributed by atoms with Crippen molar-refractivity contribution in [1.82, 2.24) is 0 Å². The Kier molecular flexibility index (Phi) is 13.2. The summed E-state index contributed by atoms with van der Waals surface area (Å²) in [4.78, 5) is 0. The van der Waals surface area contributed by atoms with Gasteiger partial charge in [0.1, 0.15) is 25.8 Å². The highest BCUT2D eigenvalue weighted by Crippen LogP contribution is 2.28. The van der Waals surface area contributed by atoms with Crippen LogP contribution in [0, 0.1) is 12.3 Å². The molecule has 0 amide bonds. The first-order valence-corrected chi connectivity index (χ1v) is 11.1. The summed E-state index contributed by atoms with van der Waals surface area (Å²) in [6.07, 6.45) is 6.65. The minimum atomic E-state index is -1.89. The van der Waals surface area contributed by atoms with Crippen molar-refractivity contribution in [3.63, 3.8) is 0 Å². The van der Waals surface area contributed by atoms with Crippen molar-refractivity contribution in [3.8, 4) is 12.3 Å². The van der Waals surface area contributed by atoms with Gasteiger partial charge >= 0.3 is 0 Å². The first-order chi connectivity index (χ1) is 11.6. The Morgan fingerprint density at radius 3 is 2.00 bits per heavy atom. The number of rotatable bonds is 15. The maximum atomic E-state index is 6.66. The van der Waals surface area contributed by atoms with Crippen molar-refractivity contribution in [2.75, 3.05) is 27.8 Å². The van der Waals surface area contributed by atoms with E-state index in [4.69, 9.17) is 29.8 Å². The molecule has 0 heterocycles. The first kappa shape index (κ1) is 23.3. The van der Waals surface area contributed by atoms with Gasteiger partial charge in [-0.1, -0.05) is 26.8 Å². The van der Waals surface area contributed by atoms with Gasteiger partial charge in [-0.2, -0.15) is 0 Å². The molecule has 0 spiro atoms. The summed E-state index contributed by atoms with van der Waals surface area (Å²) in [6, 6.07) is 3.08. The smallest absolute Gasteiger partial charge is 0.192 e. The summed E-state index contributed by atoms with van der Waals surface area (Å²) in [7, 11) is 1.28. The molecule has 0 fully saturated rings. The second-order valence-electron chi connectivity index (χ2n) is 5.62. The number of ether oxygens (including phenoxy) is 4. The van der Waals surface area contributed by atoms with Crippen molar-refractivity contribution in [2.24, 2.45) is 0 Å². The molecule has 0 aliphatic carbocycles. The largest absolute Gasteiger partial charge is 0.408 e. The van der Waals surface area contributed by atoms with E-state index >= 15 is 0 Å². The Morgan fingerprint density at radius 1 is 1.04 bits per heavy atom. The van der Waals surface area contributed by atoms with E-state index in [9.17, 15) is 0 Å². The highest BCUT2D eigenvalue weighted by Gasteiger charge is 2.39. The molecule has 0 aromatic carbocycles. The minimum absolute atomic E-state index is 0.152. The Labute approximate surface area is 148 Å². The van der Waals surface area contributed by atoms with Crippen LogP contribution < -0.4 is 0 Å². The fraction of sp³-hybridized carbons (Fsp3) is 0.778. The van der Waals surface area contributed by atoms with Crippen molar-refractivity contribution in [3.05, 3.63) is 12.7 Å². The maximum Gasteiger partial charge on any atom is 0.192 e. The van der Waals surface area contributed by atoms with Crippen molar-refractivity contribution >= 4 is 8.32 Å². The highest BCUT2D eigenvalue weighted by molar-refractivity contribution is 6.73. The highest BCUT2D eigenvalue weighted by atomic mass is 28.4. The van der Waals surface area contributed by atoms with Gasteiger partial charge < -0.3 is 23.4 Å². The van der Waals surface area contributed by atoms with Crippen LogP contribution in [0.5, 0.6) is 0 Å². The predicted molar refractivity (Wildman–Crippen MR) is 99.2 cm³/mol. The zero-order chi connectivity index (χ0) is 18.4. The Balaban J connectivity index is 5.50. The first-order valence-electron chi connectivity index (χ1n) is 8.52. The molecule has 24 heavy (non-hydrogen) atoms. The van der Waals surface area contributed by atoms with E-state index in [0.717, 1.165) is 18.1 Å². The number of hydrogen-bond donors (Lipinski definition) is 0. The lowest BCUT2D eigenvalue weighted by molar-refractivity contribution is -0.151. The minimum Gasteiger partial charge on any atom is -0.408 e. The standard InChI is InChI=1S/C18H34O5Si/c1-8-13-17(22-15-20-7)18(16(9-2)21-14-19-6)23-24(10-3,11-4)12-5/h1,9,16-18H,2,10-15H2,3-7H3/t16-,17-,18+/m1/s1. The fourth-order valence-corrected chi connectivity index (χ4v) is 5.49. The van der Waals surface area contributed by atoms with E-state index in [0.29, 0.717) is 6.42 Å². The van der Waals surface area contributed by atoms with Crippen LogP contribution in [0.1, 0.15) is 27.2 Å². The van der Waals surface area contributed by atoms with Gasteiger partial charge in [0.25, 0.3) is 0 Å². The van der Waals surface area contributed by atoms with Crippen molar-refractivity contribution in [2.45, 2.75) is 63.6 Å². The third kappa shape index (κ3) is 7.47. The normalized spacial score (nSPS) is 15.5. The molecule has 0 aliphatic rings. The number of terminal acetylenes is 1. The second-order valence-corrected chi connectivity index (χ2v) is 10.3. The van der Waals surface area contributed by atoms with Gasteiger partial charge in [0, 0.05) is 20.6 Å². The van der Waals surface area contributed by atoms with Gasteiger partial charge in [-0.3, -0.25) is 0 Å². The molecular weight excluding hydrogens is 324 g/mol. The summed E-state index contributed by atoms with van der Waals surface area (Å²) in [5.74, 6) is 2.67. The number of methoxy groups -OCH3 is 2. The maximum absolute atomic E-state index is 6.66. The van der Waals surface area contributed by atoms with Crippen LogP contribution in [0.4, 0.5) is 0 Å². The molecule has 0 radical (unpaired) electrons. The van der Waals surface area contributed by atoms with E-state index < -0.39 is 8.32 Å². The summed E-state index contributed by atoms with van der Waals surface area (Å²) in [5.41, 5.74) is 0. The SMILES string of the molecule is C#CC[C@@H](OCOC)[C@@H](O[Si](CC)(CC)CC)[C@@H](C=C)OCOC. The Morgan fingerprint density at radius 2 is 1.58 bits per heavy atom. The third-order valence-corrected chi connectivity index (χ3v) is 8.98. The molecule has 140 valence electrons. The number of hydrogen-bond acceptors (Lipinski definition) is 5. The quantitative estimate of drug-likeness (QED) is 0.194. The third-order valence-electron chi connectivity index (χ3n) is 4.34. The lowest BCUT2D eigenvalue weighted by Crippen LogP contribution is -2.50. The summed E-state index contributed by atoms with van der Waals surface area (Å²) < 4.78 is 28.3. The van der Waals surface area contributed by atoms with Gasteiger partial charge in [-0.05, 0) is 18.1 Å². The van der Waals surface area contributed by atoms with Crippen LogP contribution in [0.2, 0.25) is 18.1 Å². The van der Waals surface area contributed by atoms with E-state index in [2.05, 4.69) is 33.3 Å². The average Bonchev–Trinajstić information content (AvgIpc) is 2.62. The summed E-state index contributed by atoms with van der Waals surface area (Å²) >= 11 is 0. The van der Waals surface area contributed by atoms with Gasteiger partial charge in [-0.15, -0.1) is 18.9 Å². The van der Waals surface area contributed by atoms with Crippen LogP contribution in [0.15, 0.2) is 12.7 Å². The lowest BCUT2D eigenvalue weighted by atomic mass is 10.1. The van der Waals surface area contributed by atoms with E-state index in [1.54, 1.807) is 20.3 Å². The summed E-state index contributed by atoms with van der Waals surface area (Å²) in [5, 5.41) is 0. The molecule has 0 aromatic rings. The van der Waals surface area contributed by atoms with Crippen LogP contribution in [-0.2, 0) is 23.4 Å². The Hall–Kier alpha value is -0.683. The molecular formula is C18H34O5Si. The molecule has 0 bridgehead atoms. The molecule has 0 aliphatic heterocycles. The van der Waals surface area contributed by atoms with Crippen LogP contribution in [-0.4, -0.2) is 54.4 Å². The molecule has 0 rings (SSSR count). The second kappa shape index (κ2) is 13.6. The van der Waals surface area contributed by atoms with Crippen LogP contribution in [0.3, 0.4) is 0 Å². The molecule has 5 nitrogen and oxygen atoms in total. The monoisotopic (exact) mass is 358 g/mol. The Bertz CT molecular complexity index is 357.